The minimum atomic E-state index is -0.280. The maximum Gasteiger partial charge on any atom is 0.146 e. The Bertz CT molecular complexity index is 465. The summed E-state index contributed by atoms with van der Waals surface area (Å²) < 4.78 is 14.0. The van der Waals surface area contributed by atoms with Gasteiger partial charge in [-0.05, 0) is 36.8 Å². The second-order valence-corrected chi connectivity index (χ2v) is 6.69. The quantitative estimate of drug-likeness (QED) is 0.815. The first-order chi connectivity index (χ1) is 9.11. The predicted molar refractivity (Wildman–Crippen MR) is 85.5 cm³/mol. The average Bonchev–Trinajstić information content (AvgIpc) is 2.79. The van der Waals surface area contributed by atoms with E-state index in [1.54, 1.807) is 12.1 Å². The summed E-state index contributed by atoms with van der Waals surface area (Å²) >= 11 is 6.80. The second-order valence-electron chi connectivity index (χ2n) is 4.73. The summed E-state index contributed by atoms with van der Waals surface area (Å²) in [7, 11) is 0. The van der Waals surface area contributed by atoms with Crippen LogP contribution in [0.4, 0.5) is 10.1 Å². The summed E-state index contributed by atoms with van der Waals surface area (Å²) in [6.45, 7) is 2.16. The third-order valence-corrected chi connectivity index (χ3v) is 4.99. The number of thiocarbonyl (C=S) groups is 1. The zero-order valence-electron chi connectivity index (χ0n) is 11.0. The van der Waals surface area contributed by atoms with E-state index in [1.807, 2.05) is 11.8 Å². The number of nitrogens with two attached hydrogens (primary N) is 1. The van der Waals surface area contributed by atoms with Crippen LogP contribution in [0.25, 0.3) is 0 Å². The molecule has 2 unspecified atom stereocenters. The van der Waals surface area contributed by atoms with Crippen molar-refractivity contribution in [3.8, 4) is 0 Å². The van der Waals surface area contributed by atoms with Crippen molar-refractivity contribution in [2.45, 2.75) is 37.5 Å². The summed E-state index contributed by atoms with van der Waals surface area (Å²) in [5.41, 5.74) is 6.62. The largest absolute Gasteiger partial charge is 0.389 e. The van der Waals surface area contributed by atoms with Crippen molar-refractivity contribution in [1.29, 1.82) is 0 Å². The van der Waals surface area contributed by atoms with Crippen molar-refractivity contribution in [1.82, 2.24) is 0 Å². The molecule has 0 heterocycles. The molecule has 104 valence electrons. The first-order valence-corrected chi connectivity index (χ1v) is 8.05. The zero-order valence-corrected chi connectivity index (χ0v) is 12.6. The maximum atomic E-state index is 14.0. The van der Waals surface area contributed by atoms with Gasteiger partial charge >= 0.3 is 0 Å². The van der Waals surface area contributed by atoms with E-state index in [2.05, 4.69) is 12.2 Å². The summed E-state index contributed by atoms with van der Waals surface area (Å²) in [6.07, 6.45) is 3.53. The van der Waals surface area contributed by atoms with E-state index in [0.717, 1.165) is 12.2 Å². The van der Waals surface area contributed by atoms with Crippen LogP contribution in [0, 0.1) is 5.82 Å². The van der Waals surface area contributed by atoms with Gasteiger partial charge in [0.2, 0.25) is 0 Å². The van der Waals surface area contributed by atoms with Gasteiger partial charge in [-0.25, -0.2) is 4.39 Å². The molecule has 2 atom stereocenters. The van der Waals surface area contributed by atoms with Crippen LogP contribution in [-0.4, -0.2) is 22.0 Å². The summed E-state index contributed by atoms with van der Waals surface area (Å²) in [5, 5.41) is 3.91. The Labute approximate surface area is 123 Å². The van der Waals surface area contributed by atoms with Crippen LogP contribution in [0.15, 0.2) is 18.2 Å². The van der Waals surface area contributed by atoms with Gasteiger partial charge in [-0.15, -0.1) is 0 Å². The number of hydrogen-bond acceptors (Lipinski definition) is 3. The Balaban J connectivity index is 2.08. The summed E-state index contributed by atoms with van der Waals surface area (Å²) in [6, 6.07) is 5.26. The van der Waals surface area contributed by atoms with E-state index in [9.17, 15) is 4.39 Å². The number of rotatable bonds is 5. The molecular weight excluding hydrogens is 279 g/mol. The Morgan fingerprint density at radius 3 is 2.95 bits per heavy atom. The fraction of sp³-hybridized carbons (Fsp3) is 0.500. The van der Waals surface area contributed by atoms with Crippen molar-refractivity contribution >= 4 is 34.7 Å². The van der Waals surface area contributed by atoms with Crippen LogP contribution in [0.5, 0.6) is 0 Å². The van der Waals surface area contributed by atoms with Gasteiger partial charge < -0.3 is 11.1 Å². The normalized spacial score (nSPS) is 22.4. The molecule has 0 radical (unpaired) electrons. The number of hydrogen-bond donors (Lipinski definition) is 2. The molecule has 1 saturated carbocycles. The molecule has 0 aromatic heterocycles. The van der Waals surface area contributed by atoms with E-state index in [-0.39, 0.29) is 10.8 Å². The highest BCUT2D eigenvalue weighted by atomic mass is 32.2. The number of benzene rings is 1. The molecule has 0 amide bonds. The monoisotopic (exact) mass is 298 g/mol. The topological polar surface area (TPSA) is 38.0 Å². The SMILES string of the molecule is CCSC1CCCC1Nc1ccc(C(N)=S)cc1F. The highest BCUT2D eigenvalue weighted by Gasteiger charge is 2.27. The van der Waals surface area contributed by atoms with E-state index in [4.69, 9.17) is 18.0 Å². The van der Waals surface area contributed by atoms with Gasteiger partial charge in [-0.1, -0.05) is 25.6 Å². The molecular formula is C14H19FN2S2. The van der Waals surface area contributed by atoms with Crippen LogP contribution < -0.4 is 11.1 Å². The van der Waals surface area contributed by atoms with Gasteiger partial charge in [0.25, 0.3) is 0 Å². The molecule has 5 heteroatoms. The molecule has 19 heavy (non-hydrogen) atoms. The van der Waals surface area contributed by atoms with Crippen molar-refractivity contribution in [2.75, 3.05) is 11.1 Å². The first kappa shape index (κ1) is 14.6. The van der Waals surface area contributed by atoms with Gasteiger partial charge in [-0.2, -0.15) is 11.8 Å². The van der Waals surface area contributed by atoms with E-state index in [0.29, 0.717) is 22.5 Å². The van der Waals surface area contributed by atoms with E-state index >= 15 is 0 Å². The molecule has 0 aliphatic heterocycles. The molecule has 3 N–H and O–H groups in total. The van der Waals surface area contributed by atoms with Crippen LogP contribution in [0.3, 0.4) is 0 Å². The maximum absolute atomic E-state index is 14.0. The van der Waals surface area contributed by atoms with Gasteiger partial charge in [0.15, 0.2) is 0 Å². The molecule has 1 aliphatic carbocycles. The zero-order chi connectivity index (χ0) is 13.8. The standard InChI is InChI=1S/C14H19FN2S2/c1-2-19-13-5-3-4-12(13)17-11-7-6-9(14(16)18)8-10(11)15/h6-8,12-13,17H,2-5H2,1H3,(H2,16,18). The molecule has 0 spiro atoms. The van der Waals surface area contributed by atoms with Crippen molar-refractivity contribution in [3.63, 3.8) is 0 Å². The highest BCUT2D eigenvalue weighted by molar-refractivity contribution is 7.99. The molecule has 0 bridgehead atoms. The molecule has 1 aromatic carbocycles. The Morgan fingerprint density at radius 1 is 1.53 bits per heavy atom. The van der Waals surface area contributed by atoms with Gasteiger partial charge in [0, 0.05) is 16.9 Å². The van der Waals surface area contributed by atoms with Gasteiger partial charge in [-0.3, -0.25) is 0 Å². The van der Waals surface area contributed by atoms with Crippen molar-refractivity contribution in [2.24, 2.45) is 5.73 Å². The van der Waals surface area contributed by atoms with E-state index in [1.165, 1.54) is 18.9 Å². The lowest BCUT2D eigenvalue weighted by atomic mass is 10.1. The van der Waals surface area contributed by atoms with Gasteiger partial charge in [0.1, 0.15) is 10.8 Å². The summed E-state index contributed by atoms with van der Waals surface area (Å²) in [5.74, 6) is 0.823. The van der Waals surface area contributed by atoms with Crippen LogP contribution in [-0.2, 0) is 0 Å². The van der Waals surface area contributed by atoms with Crippen LogP contribution in [0.2, 0.25) is 0 Å². The first-order valence-electron chi connectivity index (χ1n) is 6.59. The lowest BCUT2D eigenvalue weighted by Gasteiger charge is -2.21. The predicted octanol–water partition coefficient (Wildman–Crippen LogP) is 3.55. The molecule has 2 nitrogen and oxygen atoms in total. The lowest BCUT2D eigenvalue weighted by molar-refractivity contribution is 0.624. The average molecular weight is 298 g/mol. The fourth-order valence-corrected chi connectivity index (χ4v) is 3.81. The van der Waals surface area contributed by atoms with E-state index < -0.39 is 0 Å². The number of halogens is 1. The smallest absolute Gasteiger partial charge is 0.146 e. The third-order valence-electron chi connectivity index (χ3n) is 3.43. The van der Waals surface area contributed by atoms with Gasteiger partial charge in [0.05, 0.1) is 5.69 Å². The lowest BCUT2D eigenvalue weighted by Crippen LogP contribution is -2.26. The Morgan fingerprint density at radius 2 is 2.32 bits per heavy atom. The minimum Gasteiger partial charge on any atom is -0.389 e. The molecule has 1 aromatic rings. The second kappa shape index (κ2) is 6.57. The minimum absolute atomic E-state index is 0.228. The van der Waals surface area contributed by atoms with Crippen LogP contribution >= 0.6 is 24.0 Å². The fourth-order valence-electron chi connectivity index (χ4n) is 2.49. The molecule has 0 saturated heterocycles. The number of nitrogens with one attached hydrogen (secondary N) is 1. The highest BCUT2D eigenvalue weighted by Crippen LogP contribution is 2.32. The van der Waals surface area contributed by atoms with Crippen molar-refractivity contribution < 1.29 is 4.39 Å². The van der Waals surface area contributed by atoms with Crippen molar-refractivity contribution in [3.05, 3.63) is 29.6 Å². The number of thioether (sulfide) groups is 1. The Kier molecular flexibility index (Phi) is 5.05. The number of anilines is 1. The van der Waals surface area contributed by atoms with Crippen LogP contribution in [0.1, 0.15) is 31.7 Å². The molecule has 1 fully saturated rings. The molecule has 2 rings (SSSR count). The molecule has 1 aliphatic rings. The Hall–Kier alpha value is -0.810. The third kappa shape index (κ3) is 3.60. The summed E-state index contributed by atoms with van der Waals surface area (Å²) in [4.78, 5) is 0.228.